The quantitative estimate of drug-likeness (QED) is 0.505. The van der Waals surface area contributed by atoms with E-state index in [2.05, 4.69) is 30.0 Å². The van der Waals surface area contributed by atoms with Crippen LogP contribution in [0.15, 0.2) is 45.8 Å². The molecule has 0 saturated heterocycles. The summed E-state index contributed by atoms with van der Waals surface area (Å²) < 4.78 is 0. The Morgan fingerprint density at radius 1 is 1.48 bits per heavy atom. The molecule has 0 aromatic carbocycles. The first-order valence-corrected chi connectivity index (χ1v) is 8.87. The van der Waals surface area contributed by atoms with E-state index in [0.717, 1.165) is 54.8 Å². The Morgan fingerprint density at radius 2 is 2.24 bits per heavy atom. The number of hydrogen-bond acceptors (Lipinski definition) is 6. The normalized spacial score (nSPS) is 27.6. The molecule has 138 valence electrons. The Hall–Kier alpha value is -2.12. The lowest BCUT2D eigenvalue weighted by molar-refractivity contribution is -0.125. The van der Waals surface area contributed by atoms with Gasteiger partial charge in [0, 0.05) is 17.9 Å². The number of amidine groups is 1. The van der Waals surface area contributed by atoms with Crippen molar-refractivity contribution in [1.29, 1.82) is 0 Å². The van der Waals surface area contributed by atoms with Gasteiger partial charge in [0.15, 0.2) is 0 Å². The predicted molar refractivity (Wildman–Crippen MR) is 103 cm³/mol. The number of hydrazine groups is 1. The lowest BCUT2D eigenvalue weighted by Crippen LogP contribution is -2.43. The van der Waals surface area contributed by atoms with Gasteiger partial charge in [-0.2, -0.15) is 5.17 Å². The molecule has 1 saturated carbocycles. The van der Waals surface area contributed by atoms with Crippen LogP contribution < -0.4 is 16.9 Å². The third-order valence-corrected chi connectivity index (χ3v) is 4.34. The zero-order chi connectivity index (χ0) is 18.4. The minimum absolute atomic E-state index is 0.188. The van der Waals surface area contributed by atoms with Crippen molar-refractivity contribution in [3.05, 3.63) is 35.8 Å². The minimum atomic E-state index is 0.188. The molecule has 0 unspecified atom stereocenters. The van der Waals surface area contributed by atoms with E-state index >= 15 is 0 Å². The largest absolute Gasteiger partial charge is 0.383 e. The van der Waals surface area contributed by atoms with Crippen molar-refractivity contribution in [3.8, 4) is 0 Å². The molecular weight excluding hydrogens is 316 g/mol. The zero-order valence-electron chi connectivity index (χ0n) is 15.5. The van der Waals surface area contributed by atoms with Gasteiger partial charge in [-0.25, -0.2) is 4.99 Å². The lowest BCUT2D eigenvalue weighted by atomic mass is 10.0. The molecular formula is C18H30N6O. The van der Waals surface area contributed by atoms with Gasteiger partial charge < -0.3 is 11.5 Å². The number of aliphatic imine (C=N–C) groups is 2. The van der Waals surface area contributed by atoms with E-state index in [1.807, 2.05) is 6.92 Å². The lowest BCUT2D eigenvalue weighted by Gasteiger charge is -2.31. The fourth-order valence-electron chi connectivity index (χ4n) is 2.95. The second kappa shape index (κ2) is 8.82. The van der Waals surface area contributed by atoms with Gasteiger partial charge in [-0.1, -0.05) is 26.5 Å². The van der Waals surface area contributed by atoms with Crippen LogP contribution in [0.3, 0.4) is 0 Å². The van der Waals surface area contributed by atoms with Crippen LogP contribution in [0.25, 0.3) is 0 Å². The fraction of sp³-hybridized carbons (Fsp3) is 0.556. The zero-order valence-corrected chi connectivity index (χ0v) is 15.5. The fourth-order valence-corrected chi connectivity index (χ4v) is 2.95. The van der Waals surface area contributed by atoms with E-state index in [4.69, 9.17) is 21.3 Å². The Bertz CT molecular complexity index is 619. The topological polar surface area (TPSA) is 101 Å². The first kappa shape index (κ1) is 19.2. The van der Waals surface area contributed by atoms with Crippen LogP contribution in [0, 0.1) is 0 Å². The third kappa shape index (κ3) is 4.70. The summed E-state index contributed by atoms with van der Waals surface area (Å²) in [6, 6.07) is 0.402. The van der Waals surface area contributed by atoms with Gasteiger partial charge in [0.05, 0.1) is 24.4 Å². The molecule has 2 rings (SSSR count). The summed E-state index contributed by atoms with van der Waals surface area (Å²) in [5, 5.41) is 1.59. The van der Waals surface area contributed by atoms with E-state index in [1.54, 1.807) is 18.5 Å². The number of nitrogens with two attached hydrogens (primary N) is 2. The molecule has 0 aromatic heterocycles. The van der Waals surface area contributed by atoms with Crippen LogP contribution in [-0.4, -0.2) is 35.9 Å². The summed E-state index contributed by atoms with van der Waals surface area (Å²) in [7, 11) is 1.61. The molecule has 7 heteroatoms. The number of hydrogen-bond donors (Lipinski definition) is 3. The highest BCUT2D eigenvalue weighted by molar-refractivity contribution is 6.29. The van der Waals surface area contributed by atoms with Crippen LogP contribution in [0.1, 0.15) is 46.0 Å². The van der Waals surface area contributed by atoms with Crippen LogP contribution in [0.4, 0.5) is 0 Å². The van der Waals surface area contributed by atoms with E-state index in [1.165, 1.54) is 0 Å². The van der Waals surface area contributed by atoms with E-state index in [9.17, 15) is 0 Å². The maximum atomic E-state index is 6.25. The Morgan fingerprint density at radius 3 is 2.80 bits per heavy atom. The standard InChI is InChI=1S/C18H30N6O/c1-5-7-16-17(23-14-9-8-13(19)10-14)15(11-21-24(16)25-4)18(20)22-12(3)6-2/h7,11,13-14,21H,3,5-6,8-10,19H2,1-2,4H3,(H2,20,22)/b16-7-,23-17?/t13-,14+/m0/s1. The van der Waals surface area contributed by atoms with E-state index < -0.39 is 0 Å². The summed E-state index contributed by atoms with van der Waals surface area (Å²) in [6.45, 7) is 7.98. The van der Waals surface area contributed by atoms with Crippen LogP contribution in [0.5, 0.6) is 0 Å². The molecule has 1 aliphatic heterocycles. The molecule has 1 aliphatic carbocycles. The van der Waals surface area contributed by atoms with Crippen molar-refractivity contribution in [2.75, 3.05) is 7.11 Å². The SMILES string of the molecule is C=C(CC)N=C(N)C1=CNN(OC)/C(=C\CC)C1=N[C@@H]1CC[C@H](N)C1. The van der Waals surface area contributed by atoms with Crippen LogP contribution in [-0.2, 0) is 4.84 Å². The summed E-state index contributed by atoms with van der Waals surface area (Å²) >= 11 is 0. The molecule has 5 N–H and O–H groups in total. The van der Waals surface area contributed by atoms with Crippen molar-refractivity contribution in [1.82, 2.24) is 10.6 Å². The molecule has 2 atom stereocenters. The van der Waals surface area contributed by atoms with Gasteiger partial charge in [-0.15, -0.1) is 0 Å². The van der Waals surface area contributed by atoms with Gasteiger partial charge in [0.1, 0.15) is 11.5 Å². The maximum absolute atomic E-state index is 6.25. The van der Waals surface area contributed by atoms with Gasteiger partial charge in [-0.05, 0) is 32.1 Å². The second-order valence-electron chi connectivity index (χ2n) is 6.28. The predicted octanol–water partition coefficient (Wildman–Crippen LogP) is 2.15. The smallest absolute Gasteiger partial charge is 0.134 e. The average Bonchev–Trinajstić information content (AvgIpc) is 3.01. The van der Waals surface area contributed by atoms with Crippen molar-refractivity contribution in [2.45, 2.75) is 58.0 Å². The number of allylic oxidation sites excluding steroid dienone is 3. The van der Waals surface area contributed by atoms with Crippen molar-refractivity contribution < 1.29 is 4.84 Å². The first-order valence-electron chi connectivity index (χ1n) is 8.87. The summed E-state index contributed by atoms with van der Waals surface area (Å²) in [6.07, 6.45) is 8.27. The van der Waals surface area contributed by atoms with Gasteiger partial charge in [0.2, 0.25) is 0 Å². The Labute approximate surface area is 150 Å². The molecule has 2 aliphatic rings. The highest BCUT2D eigenvalue weighted by Gasteiger charge is 2.29. The number of rotatable bonds is 6. The Balaban J connectivity index is 2.45. The third-order valence-electron chi connectivity index (χ3n) is 4.34. The number of nitrogens with zero attached hydrogens (tertiary/aromatic N) is 3. The summed E-state index contributed by atoms with van der Waals surface area (Å²) in [4.78, 5) is 14.8. The number of nitrogens with one attached hydrogen (secondary N) is 1. The molecule has 0 amide bonds. The Kier molecular flexibility index (Phi) is 6.78. The van der Waals surface area contributed by atoms with Crippen molar-refractivity contribution >= 4 is 11.5 Å². The molecule has 0 spiro atoms. The minimum Gasteiger partial charge on any atom is -0.383 e. The molecule has 0 bridgehead atoms. The molecule has 1 fully saturated rings. The van der Waals surface area contributed by atoms with Crippen LogP contribution in [0.2, 0.25) is 0 Å². The first-order chi connectivity index (χ1) is 12.0. The van der Waals surface area contributed by atoms with Crippen LogP contribution >= 0.6 is 0 Å². The molecule has 0 radical (unpaired) electrons. The summed E-state index contributed by atoms with van der Waals surface area (Å²) in [5.74, 6) is 0.401. The molecule has 7 nitrogen and oxygen atoms in total. The van der Waals surface area contributed by atoms with E-state index in [-0.39, 0.29) is 12.1 Å². The molecule has 1 heterocycles. The van der Waals surface area contributed by atoms with Gasteiger partial charge in [0.25, 0.3) is 0 Å². The highest BCUT2D eigenvalue weighted by atomic mass is 16.7. The second-order valence-corrected chi connectivity index (χ2v) is 6.28. The molecule has 0 aromatic rings. The molecule has 25 heavy (non-hydrogen) atoms. The van der Waals surface area contributed by atoms with Crippen molar-refractivity contribution in [3.63, 3.8) is 0 Å². The van der Waals surface area contributed by atoms with Gasteiger partial charge >= 0.3 is 0 Å². The average molecular weight is 346 g/mol. The van der Waals surface area contributed by atoms with E-state index in [0.29, 0.717) is 5.84 Å². The summed E-state index contributed by atoms with van der Waals surface area (Å²) in [5.41, 5.74) is 18.5. The highest BCUT2D eigenvalue weighted by Crippen LogP contribution is 2.25. The number of hydroxylamine groups is 1. The van der Waals surface area contributed by atoms with Crippen molar-refractivity contribution in [2.24, 2.45) is 21.5 Å². The monoisotopic (exact) mass is 346 g/mol. The van der Waals surface area contributed by atoms with Gasteiger partial charge in [-0.3, -0.25) is 15.3 Å². The maximum Gasteiger partial charge on any atom is 0.134 e.